The molecule has 4 nitrogen and oxygen atoms in total. The number of nitrogens with one attached hydrogen (secondary N) is 1. The third-order valence-electron chi connectivity index (χ3n) is 5.63. The number of aryl methyl sites for hydroxylation is 2. The van der Waals surface area contributed by atoms with Gasteiger partial charge in [0.2, 0.25) is 5.91 Å². The second-order valence-electron chi connectivity index (χ2n) is 7.64. The molecule has 2 aliphatic rings. The van der Waals surface area contributed by atoms with Crippen molar-refractivity contribution in [3.8, 4) is 11.1 Å². The maximum absolute atomic E-state index is 12.5. The second-order valence-corrected chi connectivity index (χ2v) is 7.64. The number of likely N-dealkylation sites (N-methyl/N-ethyl adjacent to an activating group) is 1. The molecular formula is C21H26ClN3O. The Bertz CT molecular complexity index is 818. The zero-order valence-electron chi connectivity index (χ0n) is 15.6. The normalized spacial score (nSPS) is 25.0. The van der Waals surface area contributed by atoms with Crippen LogP contribution < -0.4 is 5.32 Å². The van der Waals surface area contributed by atoms with Gasteiger partial charge in [-0.3, -0.25) is 15.1 Å². The molecule has 3 heterocycles. The van der Waals surface area contributed by atoms with Crippen molar-refractivity contribution in [2.45, 2.75) is 44.7 Å². The number of carbonyl (C=O) groups is 1. The molecule has 26 heavy (non-hydrogen) atoms. The summed E-state index contributed by atoms with van der Waals surface area (Å²) in [7, 11) is 1.89. The topological polar surface area (TPSA) is 45.2 Å². The highest BCUT2D eigenvalue weighted by atomic mass is 35.5. The van der Waals surface area contributed by atoms with Crippen LogP contribution in [0.5, 0.6) is 0 Å². The smallest absolute Gasteiger partial charge is 0.242 e. The lowest BCUT2D eigenvalue weighted by atomic mass is 9.96. The Balaban J connectivity index is 0.00000196. The fourth-order valence-corrected chi connectivity index (χ4v) is 4.35. The third-order valence-corrected chi connectivity index (χ3v) is 5.63. The molecule has 2 aromatic rings. The monoisotopic (exact) mass is 371 g/mol. The number of likely N-dealkylation sites (tertiary alicyclic amines) is 1. The van der Waals surface area contributed by atoms with E-state index in [9.17, 15) is 4.79 Å². The summed E-state index contributed by atoms with van der Waals surface area (Å²) in [4.78, 5) is 19.0. The fourth-order valence-electron chi connectivity index (χ4n) is 4.35. The van der Waals surface area contributed by atoms with Gasteiger partial charge in [-0.2, -0.15) is 0 Å². The van der Waals surface area contributed by atoms with Gasteiger partial charge in [0.1, 0.15) is 5.54 Å². The summed E-state index contributed by atoms with van der Waals surface area (Å²) in [6, 6.07) is 11.0. The van der Waals surface area contributed by atoms with Crippen LogP contribution in [-0.2, 0) is 4.79 Å². The molecule has 0 saturated carbocycles. The van der Waals surface area contributed by atoms with Gasteiger partial charge in [-0.05, 0) is 56.4 Å². The van der Waals surface area contributed by atoms with E-state index in [1.807, 2.05) is 18.1 Å². The predicted molar refractivity (Wildman–Crippen MR) is 106 cm³/mol. The Morgan fingerprint density at radius 3 is 2.50 bits per heavy atom. The van der Waals surface area contributed by atoms with Crippen LogP contribution in [-0.4, -0.2) is 34.9 Å². The predicted octanol–water partition coefficient (Wildman–Crippen LogP) is 3.81. The SMILES string of the molecule is Cc1cc(C)cc(-c2ccnc([C@H]3CC[C@@]4(CCN(C)C4=O)N3)c2)c1.Cl. The van der Waals surface area contributed by atoms with Crippen molar-refractivity contribution in [3.63, 3.8) is 0 Å². The highest BCUT2D eigenvalue weighted by Gasteiger charge is 2.50. The summed E-state index contributed by atoms with van der Waals surface area (Å²) in [5.74, 6) is 0.237. The van der Waals surface area contributed by atoms with Crippen molar-refractivity contribution in [2.24, 2.45) is 0 Å². The van der Waals surface area contributed by atoms with Crippen LogP contribution in [0.4, 0.5) is 0 Å². The highest BCUT2D eigenvalue weighted by molar-refractivity contribution is 5.88. The lowest BCUT2D eigenvalue weighted by Gasteiger charge is -2.23. The summed E-state index contributed by atoms with van der Waals surface area (Å²) in [6.45, 7) is 5.10. The van der Waals surface area contributed by atoms with Crippen LogP contribution in [0.15, 0.2) is 36.5 Å². The first kappa shape index (κ1) is 18.9. The summed E-state index contributed by atoms with van der Waals surface area (Å²) in [6.07, 6.45) is 4.65. The van der Waals surface area contributed by atoms with E-state index in [1.54, 1.807) is 0 Å². The molecule has 138 valence electrons. The van der Waals surface area contributed by atoms with Gasteiger partial charge >= 0.3 is 0 Å². The van der Waals surface area contributed by atoms with E-state index in [4.69, 9.17) is 0 Å². The molecule has 1 spiro atoms. The Morgan fingerprint density at radius 2 is 1.85 bits per heavy atom. The van der Waals surface area contributed by atoms with E-state index in [-0.39, 0.29) is 29.9 Å². The molecule has 1 aromatic carbocycles. The number of halogens is 1. The van der Waals surface area contributed by atoms with Crippen molar-refractivity contribution < 1.29 is 4.79 Å². The molecule has 5 heteroatoms. The number of aromatic nitrogens is 1. The number of carbonyl (C=O) groups excluding carboxylic acids is 1. The van der Waals surface area contributed by atoms with Gasteiger partial charge in [-0.15, -0.1) is 12.4 Å². The molecule has 4 rings (SSSR count). The van der Waals surface area contributed by atoms with Gasteiger partial charge in [0.25, 0.3) is 0 Å². The number of nitrogens with zero attached hydrogens (tertiary/aromatic N) is 2. The summed E-state index contributed by atoms with van der Waals surface area (Å²) in [5.41, 5.74) is 5.63. The first-order valence-electron chi connectivity index (χ1n) is 9.05. The van der Waals surface area contributed by atoms with Crippen molar-refractivity contribution in [1.82, 2.24) is 15.2 Å². The molecule has 0 unspecified atom stereocenters. The maximum Gasteiger partial charge on any atom is 0.242 e. The maximum atomic E-state index is 12.5. The Kier molecular flexibility index (Phi) is 5.09. The number of pyridine rings is 1. The van der Waals surface area contributed by atoms with E-state index in [2.05, 4.69) is 54.5 Å². The first-order chi connectivity index (χ1) is 12.0. The van der Waals surface area contributed by atoms with Gasteiger partial charge in [0.05, 0.1) is 11.7 Å². The molecule has 0 bridgehead atoms. The molecule has 1 aromatic heterocycles. The van der Waals surface area contributed by atoms with Gasteiger partial charge in [-0.1, -0.05) is 29.3 Å². The molecule has 2 atom stereocenters. The van der Waals surface area contributed by atoms with Crippen LogP contribution in [0.2, 0.25) is 0 Å². The third kappa shape index (κ3) is 3.24. The number of amides is 1. The quantitative estimate of drug-likeness (QED) is 0.873. The minimum Gasteiger partial charge on any atom is -0.344 e. The zero-order valence-corrected chi connectivity index (χ0v) is 16.4. The number of hydrogen-bond donors (Lipinski definition) is 1. The summed E-state index contributed by atoms with van der Waals surface area (Å²) >= 11 is 0. The van der Waals surface area contributed by atoms with Crippen molar-refractivity contribution in [3.05, 3.63) is 53.3 Å². The highest BCUT2D eigenvalue weighted by Crippen LogP contribution is 2.39. The van der Waals surface area contributed by atoms with E-state index in [0.29, 0.717) is 0 Å². The van der Waals surface area contributed by atoms with Crippen LogP contribution >= 0.6 is 12.4 Å². The van der Waals surface area contributed by atoms with Gasteiger partial charge in [-0.25, -0.2) is 0 Å². The Hall–Kier alpha value is -1.91. The minimum absolute atomic E-state index is 0. The number of benzene rings is 1. The average molecular weight is 372 g/mol. The molecule has 0 radical (unpaired) electrons. The lowest BCUT2D eigenvalue weighted by Crippen LogP contribution is -2.47. The fraction of sp³-hybridized carbons (Fsp3) is 0.429. The first-order valence-corrected chi connectivity index (χ1v) is 9.05. The molecule has 0 aliphatic carbocycles. The van der Waals surface area contributed by atoms with E-state index in [1.165, 1.54) is 22.3 Å². The van der Waals surface area contributed by atoms with Crippen LogP contribution in [0.1, 0.15) is 42.1 Å². The van der Waals surface area contributed by atoms with E-state index >= 15 is 0 Å². The molecule has 2 fully saturated rings. The minimum atomic E-state index is -0.364. The van der Waals surface area contributed by atoms with Crippen molar-refractivity contribution in [1.29, 1.82) is 0 Å². The lowest BCUT2D eigenvalue weighted by molar-refractivity contribution is -0.131. The van der Waals surface area contributed by atoms with Crippen molar-refractivity contribution >= 4 is 18.3 Å². The largest absolute Gasteiger partial charge is 0.344 e. The molecule has 2 aliphatic heterocycles. The Morgan fingerprint density at radius 1 is 1.12 bits per heavy atom. The molecular weight excluding hydrogens is 346 g/mol. The van der Waals surface area contributed by atoms with Gasteiger partial charge in [0.15, 0.2) is 0 Å². The zero-order chi connectivity index (χ0) is 17.6. The van der Waals surface area contributed by atoms with E-state index < -0.39 is 0 Å². The van der Waals surface area contributed by atoms with Crippen LogP contribution in [0.25, 0.3) is 11.1 Å². The average Bonchev–Trinajstić information content (AvgIpc) is 3.14. The summed E-state index contributed by atoms with van der Waals surface area (Å²) in [5, 5.41) is 3.61. The Labute approximate surface area is 161 Å². The molecule has 2 saturated heterocycles. The second kappa shape index (κ2) is 7.01. The van der Waals surface area contributed by atoms with E-state index in [0.717, 1.165) is 31.5 Å². The summed E-state index contributed by atoms with van der Waals surface area (Å²) < 4.78 is 0. The van der Waals surface area contributed by atoms with Gasteiger partial charge in [0, 0.05) is 19.8 Å². The molecule has 1 N–H and O–H groups in total. The van der Waals surface area contributed by atoms with Crippen LogP contribution in [0, 0.1) is 13.8 Å². The van der Waals surface area contributed by atoms with Crippen LogP contribution in [0.3, 0.4) is 0 Å². The number of hydrogen-bond acceptors (Lipinski definition) is 3. The van der Waals surface area contributed by atoms with Crippen molar-refractivity contribution in [2.75, 3.05) is 13.6 Å². The molecule has 1 amide bonds. The number of rotatable bonds is 2. The van der Waals surface area contributed by atoms with Gasteiger partial charge < -0.3 is 4.90 Å². The standard InChI is InChI=1S/C21H25N3O.ClH/c1-14-10-15(2)12-17(11-14)16-5-8-22-19(13-16)18-4-6-21(23-18)7-9-24(3)20(21)25;/h5,8,10-13,18,23H,4,6-7,9H2,1-3H3;1H/t18-,21+;/m1./s1.